The summed E-state index contributed by atoms with van der Waals surface area (Å²) in [5, 5.41) is 87.2. The van der Waals surface area contributed by atoms with Gasteiger partial charge < -0.3 is 65.1 Å². The van der Waals surface area contributed by atoms with Crippen molar-refractivity contribution in [2.75, 3.05) is 19.8 Å². The molecule has 0 spiro atoms. The van der Waals surface area contributed by atoms with E-state index in [-0.39, 0.29) is 18.9 Å². The number of unbranched alkanes of at least 4 members (excludes halogenated alkanes) is 33. The lowest BCUT2D eigenvalue weighted by atomic mass is 9.97. The maximum atomic E-state index is 13.2. The molecule has 0 radical (unpaired) electrons. The van der Waals surface area contributed by atoms with Crippen molar-refractivity contribution in [3.05, 3.63) is 48.6 Å². The molecule has 12 atom stereocenters. The second-order valence-electron chi connectivity index (χ2n) is 22.9. The van der Waals surface area contributed by atoms with Crippen molar-refractivity contribution >= 4 is 5.91 Å². The average molecular weight is 1120 g/mol. The standard InChI is InChI=1S/C65H119NO13/c1-3-5-7-9-11-13-15-17-19-21-22-23-24-25-26-27-28-29-30-31-32-33-34-36-38-40-42-44-46-48-54(69)53(66-57(70)49-47-45-43-41-39-37-35-20-18-16-14-12-10-8-6-4-2)52-76-64-62(75)60(73)63(56(51-68)78-64)79-65-61(74)59(72)58(71)55(50-67)77-65/h14,16,20,35,38,40,46,48,53-56,58-65,67-69,71-75H,3-13,15,17-19,21-34,36-37,39,41-45,47,49-52H2,1-2H3,(H,66,70)/b16-14-,35-20-,40-38+,48-46+. The zero-order valence-corrected chi connectivity index (χ0v) is 49.9. The zero-order chi connectivity index (χ0) is 57.4. The van der Waals surface area contributed by atoms with Gasteiger partial charge in [0.15, 0.2) is 12.6 Å². The van der Waals surface area contributed by atoms with Gasteiger partial charge in [-0.15, -0.1) is 0 Å². The maximum absolute atomic E-state index is 13.2. The molecule has 9 N–H and O–H groups in total. The lowest BCUT2D eigenvalue weighted by Gasteiger charge is -2.46. The van der Waals surface area contributed by atoms with Gasteiger partial charge >= 0.3 is 0 Å². The summed E-state index contributed by atoms with van der Waals surface area (Å²) in [6.45, 7) is 2.77. The first-order valence-corrected chi connectivity index (χ1v) is 32.4. The molecule has 2 fully saturated rings. The topological polar surface area (TPSA) is 228 Å². The van der Waals surface area contributed by atoms with Crippen LogP contribution in [-0.4, -0.2) is 140 Å². The highest BCUT2D eigenvalue weighted by Crippen LogP contribution is 2.30. The highest BCUT2D eigenvalue weighted by Gasteiger charge is 2.51. The van der Waals surface area contributed by atoms with Crippen LogP contribution in [0.3, 0.4) is 0 Å². The molecule has 2 rings (SSSR count). The van der Waals surface area contributed by atoms with Crippen LogP contribution in [0.2, 0.25) is 0 Å². The van der Waals surface area contributed by atoms with Gasteiger partial charge in [0.2, 0.25) is 5.91 Å². The molecule has 2 aliphatic rings. The number of aliphatic hydroxyl groups is 8. The molecule has 79 heavy (non-hydrogen) atoms. The third-order valence-electron chi connectivity index (χ3n) is 15.7. The number of rotatable bonds is 52. The summed E-state index contributed by atoms with van der Waals surface area (Å²) in [5.41, 5.74) is 0. The zero-order valence-electron chi connectivity index (χ0n) is 49.9. The highest BCUT2D eigenvalue weighted by atomic mass is 16.7. The summed E-state index contributed by atoms with van der Waals surface area (Å²) in [7, 11) is 0. The minimum absolute atomic E-state index is 0.257. The van der Waals surface area contributed by atoms with E-state index < -0.39 is 86.8 Å². The number of nitrogens with one attached hydrogen (secondary N) is 1. The maximum Gasteiger partial charge on any atom is 0.220 e. The van der Waals surface area contributed by atoms with E-state index in [0.717, 1.165) is 57.8 Å². The van der Waals surface area contributed by atoms with E-state index in [1.54, 1.807) is 6.08 Å². The Hall–Kier alpha value is -2.05. The van der Waals surface area contributed by atoms with Crippen LogP contribution in [-0.2, 0) is 23.7 Å². The van der Waals surface area contributed by atoms with Crippen LogP contribution in [0.4, 0.5) is 0 Å². The summed E-state index contributed by atoms with van der Waals surface area (Å²) in [6, 6.07) is -0.940. The van der Waals surface area contributed by atoms with Crippen molar-refractivity contribution in [2.24, 2.45) is 0 Å². The predicted molar refractivity (Wildman–Crippen MR) is 318 cm³/mol. The van der Waals surface area contributed by atoms with Crippen molar-refractivity contribution in [1.29, 1.82) is 0 Å². The van der Waals surface area contributed by atoms with Gasteiger partial charge in [0.05, 0.1) is 32.0 Å². The fourth-order valence-corrected chi connectivity index (χ4v) is 10.5. The van der Waals surface area contributed by atoms with Gasteiger partial charge in [0.25, 0.3) is 0 Å². The second-order valence-corrected chi connectivity index (χ2v) is 22.9. The lowest BCUT2D eigenvalue weighted by molar-refractivity contribution is -0.359. The van der Waals surface area contributed by atoms with E-state index >= 15 is 0 Å². The van der Waals surface area contributed by atoms with E-state index in [1.165, 1.54) is 173 Å². The van der Waals surface area contributed by atoms with E-state index in [1.807, 2.05) is 6.08 Å². The number of amides is 1. The first kappa shape index (κ1) is 73.1. The van der Waals surface area contributed by atoms with Crippen LogP contribution in [0.1, 0.15) is 264 Å². The molecule has 0 aliphatic carbocycles. The van der Waals surface area contributed by atoms with E-state index in [2.05, 4.69) is 55.6 Å². The van der Waals surface area contributed by atoms with Crippen LogP contribution >= 0.6 is 0 Å². The van der Waals surface area contributed by atoms with Gasteiger partial charge in [-0.25, -0.2) is 0 Å². The van der Waals surface area contributed by atoms with Crippen molar-refractivity contribution in [3.63, 3.8) is 0 Å². The molecule has 462 valence electrons. The Morgan fingerprint density at radius 3 is 1.33 bits per heavy atom. The van der Waals surface area contributed by atoms with Crippen molar-refractivity contribution in [1.82, 2.24) is 5.32 Å². The Balaban J connectivity index is 1.72. The normalized spacial score (nSPS) is 24.7. The minimum atomic E-state index is -1.79. The number of carbonyl (C=O) groups is 1. The third-order valence-corrected chi connectivity index (χ3v) is 15.7. The van der Waals surface area contributed by atoms with Gasteiger partial charge in [0.1, 0.15) is 48.8 Å². The smallest absolute Gasteiger partial charge is 0.220 e. The number of ether oxygens (including phenoxy) is 4. The average Bonchev–Trinajstić information content (AvgIpc) is 3.48. The Morgan fingerprint density at radius 2 is 0.848 bits per heavy atom. The minimum Gasteiger partial charge on any atom is -0.394 e. The third kappa shape index (κ3) is 35.6. The van der Waals surface area contributed by atoms with Crippen LogP contribution in [0, 0.1) is 0 Å². The van der Waals surface area contributed by atoms with Gasteiger partial charge in [0, 0.05) is 6.42 Å². The summed E-state index contributed by atoms with van der Waals surface area (Å²) >= 11 is 0. The fourth-order valence-electron chi connectivity index (χ4n) is 10.5. The number of hydrogen-bond donors (Lipinski definition) is 9. The van der Waals surface area contributed by atoms with Gasteiger partial charge in [-0.3, -0.25) is 4.79 Å². The molecule has 14 nitrogen and oxygen atoms in total. The van der Waals surface area contributed by atoms with Gasteiger partial charge in [-0.05, 0) is 64.2 Å². The molecule has 2 heterocycles. The first-order chi connectivity index (χ1) is 38.6. The second kappa shape index (κ2) is 50.5. The molecule has 14 heteroatoms. The fraction of sp³-hybridized carbons (Fsp3) is 0.862. The molecular formula is C65H119NO13. The molecule has 12 unspecified atom stereocenters. The summed E-state index contributed by atoms with van der Waals surface area (Å²) in [5.74, 6) is -0.262. The predicted octanol–water partition coefficient (Wildman–Crippen LogP) is 12.0. The molecule has 0 bridgehead atoms. The van der Waals surface area contributed by atoms with Crippen LogP contribution in [0.25, 0.3) is 0 Å². The molecule has 0 aromatic rings. The summed E-state index contributed by atoms with van der Waals surface area (Å²) < 4.78 is 22.8. The van der Waals surface area contributed by atoms with Crippen LogP contribution in [0.5, 0.6) is 0 Å². The van der Waals surface area contributed by atoms with Gasteiger partial charge in [-0.2, -0.15) is 0 Å². The quantitative estimate of drug-likeness (QED) is 0.0204. The largest absolute Gasteiger partial charge is 0.394 e. The molecule has 1 amide bonds. The Labute approximate surface area is 480 Å². The van der Waals surface area contributed by atoms with Crippen LogP contribution in [0.15, 0.2) is 48.6 Å². The summed E-state index contributed by atoms with van der Waals surface area (Å²) in [4.78, 5) is 13.2. The Kier molecular flexibility index (Phi) is 46.7. The van der Waals surface area contributed by atoms with E-state index in [9.17, 15) is 45.6 Å². The number of aliphatic hydroxyl groups excluding tert-OH is 8. The Bertz CT molecular complexity index is 1510. The summed E-state index contributed by atoms with van der Waals surface area (Å²) in [6.07, 6.45) is 47.4. The molecule has 2 aliphatic heterocycles. The molecule has 2 saturated heterocycles. The number of carbonyl (C=O) groups excluding carboxylic acids is 1. The Morgan fingerprint density at radius 1 is 0.456 bits per heavy atom. The van der Waals surface area contributed by atoms with Crippen molar-refractivity contribution in [3.8, 4) is 0 Å². The SMILES string of the molecule is CCCCCC/C=C\C/C=C\CCCCCCCC(=O)NC(COC1OC(CO)C(OC2OC(CO)C(O)C(O)C2O)C(O)C1O)C(O)/C=C/CC/C=C/CCCCCCCCCCCCCCCCCCCCCCCCC. The number of allylic oxidation sites excluding steroid dienone is 7. The molecule has 0 saturated carbocycles. The van der Waals surface area contributed by atoms with Crippen LogP contribution < -0.4 is 5.32 Å². The first-order valence-electron chi connectivity index (χ1n) is 32.4. The van der Waals surface area contributed by atoms with E-state index in [4.69, 9.17) is 18.9 Å². The molecule has 0 aromatic heterocycles. The monoisotopic (exact) mass is 1120 g/mol. The molecular weight excluding hydrogens is 1000 g/mol. The number of hydrogen-bond acceptors (Lipinski definition) is 13. The highest BCUT2D eigenvalue weighted by molar-refractivity contribution is 5.76. The van der Waals surface area contributed by atoms with Crippen molar-refractivity contribution < 1.29 is 64.6 Å². The van der Waals surface area contributed by atoms with Crippen molar-refractivity contribution in [2.45, 2.75) is 338 Å². The molecule has 0 aromatic carbocycles. The lowest BCUT2D eigenvalue weighted by Crippen LogP contribution is -2.65. The van der Waals surface area contributed by atoms with E-state index in [0.29, 0.717) is 12.8 Å². The van der Waals surface area contributed by atoms with Gasteiger partial charge in [-0.1, -0.05) is 242 Å².